The molecule has 1 aromatic carbocycles. The van der Waals surface area contributed by atoms with Gasteiger partial charge in [0.05, 0.1) is 19.4 Å². The van der Waals surface area contributed by atoms with E-state index in [0.29, 0.717) is 39.1 Å². The molecule has 176 valence electrons. The lowest BCUT2D eigenvalue weighted by molar-refractivity contribution is -0.141. The number of furan rings is 1. The lowest BCUT2D eigenvalue weighted by Gasteiger charge is -2.27. The lowest BCUT2D eigenvalue weighted by atomic mass is 10.1. The van der Waals surface area contributed by atoms with Gasteiger partial charge in [-0.2, -0.15) is 0 Å². The van der Waals surface area contributed by atoms with Crippen LogP contribution in [0, 0.1) is 0 Å². The summed E-state index contributed by atoms with van der Waals surface area (Å²) in [6.07, 6.45) is 8.26. The largest absolute Gasteiger partial charge is 0.467 e. The Kier molecular flexibility index (Phi) is 12.2. The number of hydrogen-bond acceptors (Lipinski definition) is 4. The molecule has 0 saturated carbocycles. The number of ether oxygens (including phenoxy) is 1. The smallest absolute Gasteiger partial charge is 0.242 e. The van der Waals surface area contributed by atoms with Crippen LogP contribution < -0.4 is 0 Å². The number of rotatable bonds is 16. The summed E-state index contributed by atoms with van der Waals surface area (Å²) in [4.78, 5) is 29.6. The molecule has 0 N–H and O–H groups in total. The third-order valence-electron chi connectivity index (χ3n) is 5.45. The van der Waals surface area contributed by atoms with Crippen molar-refractivity contribution in [2.24, 2.45) is 0 Å². The van der Waals surface area contributed by atoms with Gasteiger partial charge < -0.3 is 19.0 Å². The van der Waals surface area contributed by atoms with E-state index >= 15 is 0 Å². The fourth-order valence-electron chi connectivity index (χ4n) is 3.62. The molecule has 32 heavy (non-hydrogen) atoms. The Balaban J connectivity index is 2.02. The van der Waals surface area contributed by atoms with Crippen molar-refractivity contribution in [2.75, 3.05) is 26.8 Å². The summed E-state index contributed by atoms with van der Waals surface area (Å²) in [5.74, 6) is 0.688. The highest BCUT2D eigenvalue weighted by Gasteiger charge is 2.22. The SMILES string of the molecule is CCCCCCCC(=O)N(CCCOC)CC(=O)N(Cc1ccccc1)Cc1ccco1. The lowest BCUT2D eigenvalue weighted by Crippen LogP contribution is -2.43. The molecule has 0 saturated heterocycles. The van der Waals surface area contributed by atoms with Crippen molar-refractivity contribution < 1.29 is 18.7 Å². The minimum absolute atomic E-state index is 0.0450. The molecule has 0 atom stereocenters. The van der Waals surface area contributed by atoms with Gasteiger partial charge in [-0.15, -0.1) is 0 Å². The highest BCUT2D eigenvalue weighted by molar-refractivity contribution is 5.84. The Morgan fingerprint density at radius 3 is 2.34 bits per heavy atom. The van der Waals surface area contributed by atoms with Gasteiger partial charge in [0.1, 0.15) is 5.76 Å². The summed E-state index contributed by atoms with van der Waals surface area (Å²) in [5.41, 5.74) is 1.04. The molecule has 1 aromatic heterocycles. The van der Waals surface area contributed by atoms with Gasteiger partial charge in [0.2, 0.25) is 11.8 Å². The van der Waals surface area contributed by atoms with Crippen molar-refractivity contribution in [1.29, 1.82) is 0 Å². The molecule has 1 heterocycles. The van der Waals surface area contributed by atoms with Crippen LogP contribution >= 0.6 is 0 Å². The molecule has 2 aromatic rings. The zero-order valence-electron chi connectivity index (χ0n) is 19.6. The molecule has 0 unspecified atom stereocenters. The topological polar surface area (TPSA) is 63.0 Å². The molecule has 0 aliphatic carbocycles. The summed E-state index contributed by atoms with van der Waals surface area (Å²) >= 11 is 0. The highest BCUT2D eigenvalue weighted by atomic mass is 16.5. The van der Waals surface area contributed by atoms with E-state index in [2.05, 4.69) is 6.92 Å². The molecule has 0 aliphatic rings. The second-order valence-electron chi connectivity index (χ2n) is 8.14. The first-order valence-electron chi connectivity index (χ1n) is 11.7. The van der Waals surface area contributed by atoms with E-state index < -0.39 is 0 Å². The van der Waals surface area contributed by atoms with Gasteiger partial charge in [-0.1, -0.05) is 62.9 Å². The van der Waals surface area contributed by atoms with Gasteiger partial charge in [-0.05, 0) is 30.5 Å². The van der Waals surface area contributed by atoms with Crippen molar-refractivity contribution in [3.8, 4) is 0 Å². The minimum Gasteiger partial charge on any atom is -0.467 e. The summed E-state index contributed by atoms with van der Waals surface area (Å²) in [6.45, 7) is 4.18. The monoisotopic (exact) mass is 442 g/mol. The predicted molar refractivity (Wildman–Crippen MR) is 126 cm³/mol. The highest BCUT2D eigenvalue weighted by Crippen LogP contribution is 2.13. The summed E-state index contributed by atoms with van der Waals surface area (Å²) in [6, 6.07) is 13.6. The maximum absolute atomic E-state index is 13.3. The number of benzene rings is 1. The number of carbonyl (C=O) groups is 2. The number of amides is 2. The van der Waals surface area contributed by atoms with Crippen LogP contribution in [0.15, 0.2) is 53.1 Å². The van der Waals surface area contributed by atoms with E-state index in [1.54, 1.807) is 23.2 Å². The summed E-state index contributed by atoms with van der Waals surface area (Å²) in [5, 5.41) is 0. The van der Waals surface area contributed by atoms with Gasteiger partial charge in [-0.25, -0.2) is 0 Å². The van der Waals surface area contributed by atoms with Gasteiger partial charge >= 0.3 is 0 Å². The average molecular weight is 443 g/mol. The van der Waals surface area contributed by atoms with Crippen molar-refractivity contribution >= 4 is 11.8 Å². The molecule has 6 heteroatoms. The first kappa shape index (κ1) is 25.7. The number of methoxy groups -OCH3 is 1. The van der Waals surface area contributed by atoms with Crippen LogP contribution in [0.25, 0.3) is 0 Å². The van der Waals surface area contributed by atoms with E-state index in [4.69, 9.17) is 9.15 Å². The molecule has 0 fully saturated rings. The molecule has 0 spiro atoms. The van der Waals surface area contributed by atoms with Crippen LogP contribution in [0.3, 0.4) is 0 Å². The quantitative estimate of drug-likeness (QED) is 0.342. The van der Waals surface area contributed by atoms with Crippen LogP contribution in [-0.4, -0.2) is 48.4 Å². The molecule has 0 radical (unpaired) electrons. The van der Waals surface area contributed by atoms with Crippen LogP contribution in [0.2, 0.25) is 0 Å². The van der Waals surface area contributed by atoms with Crippen LogP contribution in [-0.2, 0) is 27.4 Å². The van der Waals surface area contributed by atoms with Crippen molar-refractivity contribution in [2.45, 2.75) is 65.0 Å². The number of carbonyl (C=O) groups excluding carboxylic acids is 2. The fourth-order valence-corrected chi connectivity index (χ4v) is 3.62. The second-order valence-corrected chi connectivity index (χ2v) is 8.14. The van der Waals surface area contributed by atoms with E-state index in [0.717, 1.165) is 30.6 Å². The first-order chi connectivity index (χ1) is 15.6. The van der Waals surface area contributed by atoms with Gasteiger partial charge in [0.25, 0.3) is 0 Å². The third-order valence-corrected chi connectivity index (χ3v) is 5.45. The third kappa shape index (κ3) is 9.69. The maximum atomic E-state index is 13.3. The van der Waals surface area contributed by atoms with Gasteiger partial charge in [-0.3, -0.25) is 9.59 Å². The molecule has 0 aliphatic heterocycles. The zero-order chi connectivity index (χ0) is 23.0. The zero-order valence-corrected chi connectivity index (χ0v) is 19.6. The van der Waals surface area contributed by atoms with Crippen LogP contribution in [0.4, 0.5) is 0 Å². The standard InChI is InChI=1S/C26H38N2O4/c1-3-4-5-6-10-16-25(29)27(17-12-18-31-2)22-26(30)28(21-24-15-11-19-32-24)20-23-13-8-7-9-14-23/h7-9,11,13-15,19H,3-6,10,12,16-18,20-22H2,1-2H3. The fraction of sp³-hybridized carbons (Fsp3) is 0.538. The Labute approximate surface area is 192 Å². The maximum Gasteiger partial charge on any atom is 0.242 e. The predicted octanol–water partition coefficient (Wildman–Crippen LogP) is 5.03. The van der Waals surface area contributed by atoms with Crippen molar-refractivity contribution in [1.82, 2.24) is 9.80 Å². The molecule has 6 nitrogen and oxygen atoms in total. The first-order valence-corrected chi connectivity index (χ1v) is 11.7. The van der Waals surface area contributed by atoms with E-state index in [-0.39, 0.29) is 18.4 Å². The Hall–Kier alpha value is -2.60. The van der Waals surface area contributed by atoms with E-state index in [1.807, 2.05) is 42.5 Å². The Morgan fingerprint density at radius 1 is 0.875 bits per heavy atom. The molecule has 2 rings (SSSR count). The molecule has 2 amide bonds. The summed E-state index contributed by atoms with van der Waals surface area (Å²) in [7, 11) is 1.65. The van der Waals surface area contributed by atoms with Crippen LogP contribution in [0.1, 0.15) is 63.2 Å². The average Bonchev–Trinajstić information content (AvgIpc) is 3.31. The van der Waals surface area contributed by atoms with Gasteiger partial charge in [0.15, 0.2) is 0 Å². The van der Waals surface area contributed by atoms with E-state index in [1.165, 1.54) is 12.8 Å². The normalized spacial score (nSPS) is 10.8. The molecular formula is C26H38N2O4. The minimum atomic E-state index is -0.0815. The number of nitrogens with zero attached hydrogens (tertiary/aromatic N) is 2. The summed E-state index contributed by atoms with van der Waals surface area (Å²) < 4.78 is 10.6. The second kappa shape index (κ2) is 15.2. The molecular weight excluding hydrogens is 404 g/mol. The molecule has 0 bridgehead atoms. The van der Waals surface area contributed by atoms with E-state index in [9.17, 15) is 9.59 Å². The van der Waals surface area contributed by atoms with Gasteiger partial charge in [0, 0.05) is 33.2 Å². The van der Waals surface area contributed by atoms with Crippen molar-refractivity contribution in [3.63, 3.8) is 0 Å². The van der Waals surface area contributed by atoms with Crippen LogP contribution in [0.5, 0.6) is 0 Å². The number of unbranched alkanes of at least 4 members (excludes halogenated alkanes) is 4. The number of hydrogen-bond donors (Lipinski definition) is 0. The van der Waals surface area contributed by atoms with Crippen molar-refractivity contribution in [3.05, 3.63) is 60.1 Å². The Morgan fingerprint density at radius 2 is 1.66 bits per heavy atom. The Bertz CT molecular complexity index is 761.